The quantitative estimate of drug-likeness (QED) is 0.875. The van der Waals surface area contributed by atoms with Gasteiger partial charge in [-0.25, -0.2) is 13.2 Å². The van der Waals surface area contributed by atoms with Gasteiger partial charge in [-0.2, -0.15) is 0 Å². The van der Waals surface area contributed by atoms with Gasteiger partial charge in [0.1, 0.15) is 23.0 Å². The number of halogens is 3. The van der Waals surface area contributed by atoms with Crippen LogP contribution in [0.1, 0.15) is 37.6 Å². The minimum absolute atomic E-state index is 0.126. The summed E-state index contributed by atoms with van der Waals surface area (Å²) in [5.41, 5.74) is 4.04. The van der Waals surface area contributed by atoms with Crippen LogP contribution >= 0.6 is 0 Å². The topological polar surface area (TPSA) is 55.1 Å². The molecule has 1 unspecified atom stereocenters. The van der Waals surface area contributed by atoms with E-state index in [0.717, 1.165) is 0 Å². The van der Waals surface area contributed by atoms with Gasteiger partial charge in [0.15, 0.2) is 0 Å². The van der Waals surface area contributed by atoms with Gasteiger partial charge in [0.05, 0.1) is 0 Å². The van der Waals surface area contributed by atoms with Crippen LogP contribution in [0.2, 0.25) is 0 Å². The Bertz CT molecular complexity index is 482. The molecule has 20 heavy (non-hydrogen) atoms. The van der Waals surface area contributed by atoms with Gasteiger partial charge in [0.25, 0.3) is 5.91 Å². The lowest BCUT2D eigenvalue weighted by molar-refractivity contribution is 0.0889. The van der Waals surface area contributed by atoms with Crippen LogP contribution in [0, 0.1) is 23.4 Å². The van der Waals surface area contributed by atoms with Crippen molar-refractivity contribution in [3.63, 3.8) is 0 Å². The average Bonchev–Trinajstić information content (AvgIpc) is 2.25. The minimum Gasteiger partial charge on any atom is -0.345 e. The zero-order valence-corrected chi connectivity index (χ0v) is 11.8. The third-order valence-corrected chi connectivity index (χ3v) is 2.96. The van der Waals surface area contributed by atoms with Crippen LogP contribution in [0.3, 0.4) is 0 Å². The van der Waals surface area contributed by atoms with Crippen LogP contribution in [-0.4, -0.2) is 18.0 Å². The number of hydrogen-bond donors (Lipinski definition) is 2. The van der Waals surface area contributed by atoms with Gasteiger partial charge < -0.3 is 11.1 Å². The van der Waals surface area contributed by atoms with E-state index in [4.69, 9.17) is 5.73 Å². The van der Waals surface area contributed by atoms with Gasteiger partial charge in [-0.05, 0) is 19.3 Å². The Morgan fingerprint density at radius 2 is 1.80 bits per heavy atom. The summed E-state index contributed by atoms with van der Waals surface area (Å²) in [6, 6.07) is 0.945. The maximum atomic E-state index is 13.5. The molecule has 0 spiro atoms. The van der Waals surface area contributed by atoms with Gasteiger partial charge in [-0.3, -0.25) is 4.79 Å². The molecule has 1 amide bonds. The maximum Gasteiger partial charge on any atom is 0.257 e. The van der Waals surface area contributed by atoms with Crippen molar-refractivity contribution < 1.29 is 18.0 Å². The molecule has 0 aliphatic heterocycles. The van der Waals surface area contributed by atoms with E-state index in [1.165, 1.54) is 0 Å². The van der Waals surface area contributed by atoms with Crippen molar-refractivity contribution in [1.82, 2.24) is 5.32 Å². The van der Waals surface area contributed by atoms with Gasteiger partial charge in [-0.15, -0.1) is 0 Å². The molecule has 0 fully saturated rings. The number of benzene rings is 1. The Morgan fingerprint density at radius 3 is 2.20 bits per heavy atom. The van der Waals surface area contributed by atoms with Crippen molar-refractivity contribution in [2.75, 3.05) is 6.54 Å². The second kappa shape index (κ2) is 6.26. The number of carbonyl (C=O) groups is 1. The van der Waals surface area contributed by atoms with E-state index in [0.29, 0.717) is 18.6 Å². The van der Waals surface area contributed by atoms with Crippen molar-refractivity contribution in [2.24, 2.45) is 11.7 Å². The van der Waals surface area contributed by atoms with Gasteiger partial charge in [0, 0.05) is 24.2 Å². The van der Waals surface area contributed by atoms with E-state index >= 15 is 0 Å². The number of carbonyl (C=O) groups excluding carboxylic acids is 1. The normalized spacial score (nSPS) is 14.2. The zero-order chi connectivity index (χ0) is 15.5. The summed E-state index contributed by atoms with van der Waals surface area (Å²) in [6.45, 7) is 5.71. The lowest BCUT2D eigenvalue weighted by atomic mass is 9.90. The van der Waals surface area contributed by atoms with Gasteiger partial charge in [-0.1, -0.05) is 13.8 Å². The van der Waals surface area contributed by atoms with Crippen molar-refractivity contribution in [2.45, 2.75) is 32.7 Å². The van der Waals surface area contributed by atoms with E-state index in [1.807, 2.05) is 13.8 Å². The smallest absolute Gasteiger partial charge is 0.257 e. The fourth-order valence-electron chi connectivity index (χ4n) is 2.18. The van der Waals surface area contributed by atoms with E-state index in [1.54, 1.807) is 6.92 Å². The van der Waals surface area contributed by atoms with E-state index in [2.05, 4.69) is 5.32 Å². The highest BCUT2D eigenvalue weighted by Crippen LogP contribution is 2.19. The summed E-state index contributed by atoms with van der Waals surface area (Å²) < 4.78 is 39.9. The number of amides is 1. The maximum absolute atomic E-state index is 13.5. The lowest BCUT2D eigenvalue weighted by Gasteiger charge is -2.31. The molecule has 0 radical (unpaired) electrons. The first-order chi connectivity index (χ1) is 9.18. The minimum atomic E-state index is -1.23. The molecule has 0 aliphatic carbocycles. The summed E-state index contributed by atoms with van der Waals surface area (Å²) in [6.07, 6.45) is 0.555. The van der Waals surface area contributed by atoms with Crippen molar-refractivity contribution in [3.05, 3.63) is 35.1 Å². The highest BCUT2D eigenvalue weighted by Gasteiger charge is 2.29. The lowest BCUT2D eigenvalue weighted by Crippen LogP contribution is -2.52. The Kier molecular flexibility index (Phi) is 5.16. The predicted octanol–water partition coefficient (Wildman–Crippen LogP) is 2.60. The van der Waals surface area contributed by atoms with Crippen LogP contribution in [0.5, 0.6) is 0 Å². The predicted molar refractivity (Wildman–Crippen MR) is 70.7 cm³/mol. The van der Waals surface area contributed by atoms with Gasteiger partial charge >= 0.3 is 0 Å². The molecule has 1 atom stereocenters. The molecule has 0 aliphatic rings. The van der Waals surface area contributed by atoms with E-state index in [-0.39, 0.29) is 12.5 Å². The Balaban J connectivity index is 3.02. The SMILES string of the molecule is CC(C)CC(C)(CN)NC(=O)c1c(F)cc(F)cc1F. The van der Waals surface area contributed by atoms with E-state index in [9.17, 15) is 18.0 Å². The summed E-state index contributed by atoms with van der Waals surface area (Å²) in [7, 11) is 0. The molecule has 0 aromatic heterocycles. The third-order valence-electron chi connectivity index (χ3n) is 2.96. The number of nitrogens with one attached hydrogen (secondary N) is 1. The molecule has 0 heterocycles. The van der Waals surface area contributed by atoms with Crippen molar-refractivity contribution in [3.8, 4) is 0 Å². The molecule has 1 aromatic rings. The second-order valence-corrected chi connectivity index (χ2v) is 5.56. The molecule has 6 heteroatoms. The standard InChI is InChI=1S/C14H19F3N2O/c1-8(2)6-14(3,7-18)19-13(20)12-10(16)4-9(15)5-11(12)17/h4-5,8H,6-7,18H2,1-3H3,(H,19,20). The van der Waals surface area contributed by atoms with Crippen LogP contribution < -0.4 is 11.1 Å². The number of hydrogen-bond acceptors (Lipinski definition) is 2. The van der Waals surface area contributed by atoms with Crippen molar-refractivity contribution in [1.29, 1.82) is 0 Å². The molecule has 0 saturated carbocycles. The first kappa shape index (κ1) is 16.5. The molecule has 1 aromatic carbocycles. The first-order valence-electron chi connectivity index (χ1n) is 6.35. The molecule has 0 saturated heterocycles. The van der Waals surface area contributed by atoms with Crippen LogP contribution in [0.15, 0.2) is 12.1 Å². The summed E-state index contributed by atoms with van der Waals surface area (Å²) in [5, 5.41) is 2.53. The average molecular weight is 288 g/mol. The molecule has 0 bridgehead atoms. The summed E-state index contributed by atoms with van der Waals surface area (Å²) in [5.74, 6) is -4.23. The third kappa shape index (κ3) is 3.96. The molecule has 1 rings (SSSR count). The Labute approximate surface area is 116 Å². The molecular weight excluding hydrogens is 269 g/mol. The number of nitrogens with two attached hydrogens (primary N) is 1. The molecule has 3 nitrogen and oxygen atoms in total. The highest BCUT2D eigenvalue weighted by atomic mass is 19.1. The van der Waals surface area contributed by atoms with Crippen molar-refractivity contribution >= 4 is 5.91 Å². The zero-order valence-electron chi connectivity index (χ0n) is 11.8. The molecular formula is C14H19F3N2O. The summed E-state index contributed by atoms with van der Waals surface area (Å²) >= 11 is 0. The van der Waals surface area contributed by atoms with Crippen LogP contribution in [0.4, 0.5) is 13.2 Å². The highest BCUT2D eigenvalue weighted by molar-refractivity contribution is 5.95. The monoisotopic (exact) mass is 288 g/mol. The van der Waals surface area contributed by atoms with Crippen LogP contribution in [0.25, 0.3) is 0 Å². The second-order valence-electron chi connectivity index (χ2n) is 5.56. The number of rotatable bonds is 5. The van der Waals surface area contributed by atoms with E-state index < -0.39 is 34.5 Å². The fraction of sp³-hybridized carbons (Fsp3) is 0.500. The summed E-state index contributed by atoms with van der Waals surface area (Å²) in [4.78, 5) is 12.0. The first-order valence-corrected chi connectivity index (χ1v) is 6.35. The Morgan fingerprint density at radius 1 is 1.30 bits per heavy atom. The molecule has 3 N–H and O–H groups in total. The Hall–Kier alpha value is -1.56. The van der Waals surface area contributed by atoms with Crippen LogP contribution in [-0.2, 0) is 0 Å². The molecule has 112 valence electrons. The largest absolute Gasteiger partial charge is 0.345 e. The van der Waals surface area contributed by atoms with Gasteiger partial charge in [0.2, 0.25) is 0 Å². The fourth-order valence-corrected chi connectivity index (χ4v) is 2.18.